The minimum Gasteiger partial charge on any atom is -0.364 e. The standard InChI is InChI=1S/C13H22N4O/c1-3-16-8-5-6-11(16)10-15-12-13(18)17(4-2)9-7-14-12/h7,9,11H,3-6,8,10H2,1-2H3,(H,14,15). The summed E-state index contributed by atoms with van der Waals surface area (Å²) >= 11 is 0. The van der Waals surface area contributed by atoms with E-state index in [1.54, 1.807) is 17.0 Å². The third-order valence-electron chi connectivity index (χ3n) is 3.66. The summed E-state index contributed by atoms with van der Waals surface area (Å²) in [6.45, 7) is 7.88. The van der Waals surface area contributed by atoms with Crippen LogP contribution >= 0.6 is 0 Å². The molecule has 2 rings (SSSR count). The number of aromatic nitrogens is 2. The van der Waals surface area contributed by atoms with Crippen molar-refractivity contribution in [1.82, 2.24) is 14.5 Å². The summed E-state index contributed by atoms with van der Waals surface area (Å²) in [6, 6.07) is 0.534. The molecule has 1 aromatic heterocycles. The Labute approximate surface area is 108 Å². The van der Waals surface area contributed by atoms with Crippen LogP contribution < -0.4 is 10.9 Å². The first-order valence-corrected chi connectivity index (χ1v) is 6.79. The molecule has 1 aliphatic heterocycles. The maximum atomic E-state index is 12.0. The van der Waals surface area contributed by atoms with E-state index in [-0.39, 0.29) is 5.56 Å². The Hall–Kier alpha value is -1.36. The number of hydrogen-bond acceptors (Lipinski definition) is 4. The van der Waals surface area contributed by atoms with Gasteiger partial charge in [-0.3, -0.25) is 9.69 Å². The molecule has 1 aliphatic rings. The van der Waals surface area contributed by atoms with Gasteiger partial charge in [0.1, 0.15) is 0 Å². The zero-order chi connectivity index (χ0) is 13.0. The summed E-state index contributed by atoms with van der Waals surface area (Å²) in [5.74, 6) is 0.474. The van der Waals surface area contributed by atoms with E-state index in [1.807, 2.05) is 6.92 Å². The molecule has 0 amide bonds. The van der Waals surface area contributed by atoms with Crippen molar-refractivity contribution in [3.8, 4) is 0 Å². The van der Waals surface area contributed by atoms with Gasteiger partial charge in [0.05, 0.1) is 0 Å². The minimum absolute atomic E-state index is 0.0268. The quantitative estimate of drug-likeness (QED) is 0.852. The van der Waals surface area contributed by atoms with Crippen LogP contribution in [0.5, 0.6) is 0 Å². The Kier molecular flexibility index (Phi) is 4.36. The smallest absolute Gasteiger partial charge is 0.293 e. The maximum absolute atomic E-state index is 12.0. The summed E-state index contributed by atoms with van der Waals surface area (Å²) < 4.78 is 1.67. The fourth-order valence-corrected chi connectivity index (χ4v) is 2.57. The Balaban J connectivity index is 2.00. The Morgan fingerprint density at radius 2 is 2.28 bits per heavy atom. The van der Waals surface area contributed by atoms with Gasteiger partial charge in [0.2, 0.25) is 0 Å². The fourth-order valence-electron chi connectivity index (χ4n) is 2.57. The van der Waals surface area contributed by atoms with Gasteiger partial charge in [-0.05, 0) is 32.9 Å². The lowest BCUT2D eigenvalue weighted by molar-refractivity contribution is 0.277. The molecule has 1 saturated heterocycles. The lowest BCUT2D eigenvalue weighted by Gasteiger charge is -2.23. The lowest BCUT2D eigenvalue weighted by atomic mass is 10.2. The number of nitrogens with zero attached hydrogens (tertiary/aromatic N) is 3. The van der Waals surface area contributed by atoms with Crippen molar-refractivity contribution in [3.63, 3.8) is 0 Å². The molecule has 1 atom stereocenters. The number of anilines is 1. The normalized spacial score (nSPS) is 20.2. The number of likely N-dealkylation sites (N-methyl/N-ethyl adjacent to an activating group) is 1. The zero-order valence-electron chi connectivity index (χ0n) is 11.2. The first kappa shape index (κ1) is 13.1. The highest BCUT2D eigenvalue weighted by atomic mass is 16.1. The van der Waals surface area contributed by atoms with E-state index in [9.17, 15) is 4.79 Å². The first-order chi connectivity index (χ1) is 8.76. The largest absolute Gasteiger partial charge is 0.364 e. The van der Waals surface area contributed by atoms with Crippen molar-refractivity contribution >= 4 is 5.82 Å². The van der Waals surface area contributed by atoms with Gasteiger partial charge in [-0.15, -0.1) is 0 Å². The van der Waals surface area contributed by atoms with Crippen LogP contribution in [-0.2, 0) is 6.54 Å². The average molecular weight is 250 g/mol. The van der Waals surface area contributed by atoms with E-state index >= 15 is 0 Å². The second-order valence-electron chi connectivity index (χ2n) is 4.67. The molecule has 0 radical (unpaired) electrons. The predicted molar refractivity (Wildman–Crippen MR) is 72.9 cm³/mol. The minimum atomic E-state index is -0.0268. The Bertz CT molecular complexity index is 443. The molecule has 1 N–H and O–H groups in total. The van der Waals surface area contributed by atoms with Crippen LogP contribution in [0.2, 0.25) is 0 Å². The highest BCUT2D eigenvalue weighted by Crippen LogP contribution is 2.16. The molecular formula is C13H22N4O. The molecule has 0 spiro atoms. The van der Waals surface area contributed by atoms with Crippen LogP contribution in [0.4, 0.5) is 5.82 Å². The number of aryl methyl sites for hydroxylation is 1. The highest BCUT2D eigenvalue weighted by Gasteiger charge is 2.22. The van der Waals surface area contributed by atoms with Gasteiger partial charge in [-0.1, -0.05) is 6.92 Å². The van der Waals surface area contributed by atoms with Crippen molar-refractivity contribution in [2.45, 2.75) is 39.3 Å². The Morgan fingerprint density at radius 1 is 1.44 bits per heavy atom. The van der Waals surface area contributed by atoms with Gasteiger partial charge in [0, 0.05) is 31.5 Å². The highest BCUT2D eigenvalue weighted by molar-refractivity contribution is 5.31. The molecular weight excluding hydrogens is 228 g/mol. The molecule has 1 fully saturated rings. The average Bonchev–Trinajstić information content (AvgIpc) is 2.85. The van der Waals surface area contributed by atoms with Gasteiger partial charge in [0.15, 0.2) is 5.82 Å². The van der Waals surface area contributed by atoms with Crippen molar-refractivity contribution in [2.24, 2.45) is 0 Å². The van der Waals surface area contributed by atoms with Crippen LogP contribution in [0.15, 0.2) is 17.2 Å². The predicted octanol–water partition coefficient (Wildman–Crippen LogP) is 1.16. The molecule has 100 valence electrons. The maximum Gasteiger partial charge on any atom is 0.293 e. The van der Waals surface area contributed by atoms with Crippen molar-refractivity contribution in [3.05, 3.63) is 22.7 Å². The van der Waals surface area contributed by atoms with E-state index in [1.165, 1.54) is 19.4 Å². The van der Waals surface area contributed by atoms with Crippen molar-refractivity contribution < 1.29 is 0 Å². The summed E-state index contributed by atoms with van der Waals surface area (Å²) in [4.78, 5) is 18.6. The van der Waals surface area contributed by atoms with Gasteiger partial charge in [-0.25, -0.2) is 4.98 Å². The van der Waals surface area contributed by atoms with Crippen molar-refractivity contribution in [1.29, 1.82) is 0 Å². The van der Waals surface area contributed by atoms with Gasteiger partial charge in [-0.2, -0.15) is 0 Å². The monoisotopic (exact) mass is 250 g/mol. The lowest BCUT2D eigenvalue weighted by Crippen LogP contribution is -2.36. The van der Waals surface area contributed by atoms with E-state index in [4.69, 9.17) is 0 Å². The van der Waals surface area contributed by atoms with E-state index in [0.29, 0.717) is 18.4 Å². The van der Waals surface area contributed by atoms with Crippen LogP contribution in [-0.4, -0.2) is 40.1 Å². The third-order valence-corrected chi connectivity index (χ3v) is 3.66. The van der Waals surface area contributed by atoms with E-state index < -0.39 is 0 Å². The summed E-state index contributed by atoms with van der Waals surface area (Å²) in [5, 5.41) is 3.21. The summed E-state index contributed by atoms with van der Waals surface area (Å²) in [5.41, 5.74) is -0.0268. The van der Waals surface area contributed by atoms with Gasteiger partial charge >= 0.3 is 0 Å². The third kappa shape index (κ3) is 2.72. The van der Waals surface area contributed by atoms with Gasteiger partial charge < -0.3 is 9.88 Å². The molecule has 2 heterocycles. The molecule has 0 aliphatic carbocycles. The van der Waals surface area contributed by atoms with Crippen LogP contribution in [0.3, 0.4) is 0 Å². The molecule has 18 heavy (non-hydrogen) atoms. The van der Waals surface area contributed by atoms with Crippen LogP contribution in [0, 0.1) is 0 Å². The number of likely N-dealkylation sites (tertiary alicyclic amines) is 1. The van der Waals surface area contributed by atoms with Crippen molar-refractivity contribution in [2.75, 3.05) is 25.0 Å². The zero-order valence-corrected chi connectivity index (χ0v) is 11.2. The Morgan fingerprint density at radius 3 is 3.00 bits per heavy atom. The topological polar surface area (TPSA) is 50.2 Å². The van der Waals surface area contributed by atoms with Crippen LogP contribution in [0.25, 0.3) is 0 Å². The van der Waals surface area contributed by atoms with Crippen LogP contribution in [0.1, 0.15) is 26.7 Å². The molecule has 1 unspecified atom stereocenters. The second-order valence-corrected chi connectivity index (χ2v) is 4.67. The molecule has 0 aromatic carbocycles. The second kappa shape index (κ2) is 6.00. The summed E-state index contributed by atoms with van der Waals surface area (Å²) in [7, 11) is 0. The first-order valence-electron chi connectivity index (χ1n) is 6.79. The fraction of sp³-hybridized carbons (Fsp3) is 0.692. The molecule has 5 heteroatoms. The number of hydrogen-bond donors (Lipinski definition) is 1. The molecule has 5 nitrogen and oxygen atoms in total. The number of rotatable bonds is 5. The number of nitrogens with one attached hydrogen (secondary N) is 1. The van der Waals surface area contributed by atoms with E-state index in [2.05, 4.69) is 22.1 Å². The SMILES string of the molecule is CCN1CCCC1CNc1nccn(CC)c1=O. The van der Waals surface area contributed by atoms with Gasteiger partial charge in [0.25, 0.3) is 5.56 Å². The molecule has 0 saturated carbocycles. The molecule has 0 bridgehead atoms. The summed E-state index contributed by atoms with van der Waals surface area (Å²) in [6.07, 6.45) is 5.86. The van der Waals surface area contributed by atoms with E-state index in [0.717, 1.165) is 13.1 Å². The molecule has 1 aromatic rings.